The Kier molecular flexibility index (Phi) is 5.65. The molecule has 1 aliphatic carbocycles. The first-order valence-electron chi connectivity index (χ1n) is 10.3. The second-order valence-electron chi connectivity index (χ2n) is 8.25. The molecular formula is C23H28N4OS. The molecule has 0 radical (unpaired) electrons. The number of aromatic nitrogens is 3. The molecule has 3 aromatic rings. The third-order valence-corrected chi connectivity index (χ3v) is 7.02. The summed E-state index contributed by atoms with van der Waals surface area (Å²) in [4.78, 5) is 14.4. The van der Waals surface area contributed by atoms with Gasteiger partial charge in [-0.3, -0.25) is 0 Å². The molecule has 2 N–H and O–H groups in total. The van der Waals surface area contributed by atoms with Gasteiger partial charge in [0.1, 0.15) is 10.6 Å². The Balaban J connectivity index is 1.59. The van der Waals surface area contributed by atoms with Gasteiger partial charge in [0.2, 0.25) is 5.95 Å². The molecule has 1 unspecified atom stereocenters. The monoisotopic (exact) mass is 408 g/mol. The lowest BCUT2D eigenvalue weighted by molar-refractivity contribution is -0.0216. The van der Waals surface area contributed by atoms with Crippen LogP contribution in [0.1, 0.15) is 55.3 Å². The van der Waals surface area contributed by atoms with Crippen molar-refractivity contribution in [3.63, 3.8) is 0 Å². The van der Waals surface area contributed by atoms with Crippen LogP contribution in [0.25, 0.3) is 10.4 Å². The largest absolute Gasteiger partial charge is 0.383 e. The van der Waals surface area contributed by atoms with Gasteiger partial charge in [0.25, 0.3) is 0 Å². The number of rotatable bonds is 5. The van der Waals surface area contributed by atoms with Crippen LogP contribution in [0.2, 0.25) is 0 Å². The van der Waals surface area contributed by atoms with Crippen LogP contribution in [0.3, 0.4) is 0 Å². The molecule has 152 valence electrons. The van der Waals surface area contributed by atoms with Crippen LogP contribution in [0.4, 0.5) is 11.6 Å². The summed E-state index contributed by atoms with van der Waals surface area (Å²) in [6.45, 7) is 5.96. The second kappa shape index (κ2) is 8.20. The fourth-order valence-corrected chi connectivity index (χ4v) is 5.14. The lowest BCUT2D eigenvalue weighted by Gasteiger charge is -2.33. The van der Waals surface area contributed by atoms with E-state index in [4.69, 9.17) is 0 Å². The Bertz CT molecular complexity index is 992. The number of thiazole rings is 1. The smallest absolute Gasteiger partial charge is 0.227 e. The molecule has 1 aromatic carbocycles. The molecule has 1 aliphatic rings. The Morgan fingerprint density at radius 1 is 1.10 bits per heavy atom. The van der Waals surface area contributed by atoms with E-state index in [1.165, 1.54) is 19.3 Å². The van der Waals surface area contributed by atoms with Gasteiger partial charge in [-0.25, -0.2) is 15.0 Å². The zero-order chi connectivity index (χ0) is 20.4. The summed E-state index contributed by atoms with van der Waals surface area (Å²) in [6.07, 6.45) is 9.48. The quantitative estimate of drug-likeness (QED) is 0.562. The van der Waals surface area contributed by atoms with Crippen LogP contribution in [0.5, 0.6) is 0 Å². The van der Waals surface area contributed by atoms with Crippen LogP contribution >= 0.6 is 11.3 Å². The Labute approximate surface area is 176 Å². The maximum atomic E-state index is 11.2. The number of nitrogens with one attached hydrogen (secondary N) is 1. The van der Waals surface area contributed by atoms with Crippen molar-refractivity contribution in [1.29, 1.82) is 0 Å². The van der Waals surface area contributed by atoms with Gasteiger partial charge in [-0.05, 0) is 68.9 Å². The zero-order valence-corrected chi connectivity index (χ0v) is 18.1. The topological polar surface area (TPSA) is 70.9 Å². The van der Waals surface area contributed by atoms with Crippen molar-refractivity contribution in [3.05, 3.63) is 52.9 Å². The molecule has 0 bridgehead atoms. The number of hydrogen-bond acceptors (Lipinski definition) is 6. The molecule has 2 aromatic heterocycles. The van der Waals surface area contributed by atoms with Gasteiger partial charge in [-0.1, -0.05) is 25.3 Å². The highest BCUT2D eigenvalue weighted by Crippen LogP contribution is 2.42. The van der Waals surface area contributed by atoms with Crippen molar-refractivity contribution in [2.45, 2.75) is 58.5 Å². The van der Waals surface area contributed by atoms with Crippen molar-refractivity contribution >= 4 is 23.0 Å². The first-order chi connectivity index (χ1) is 13.9. The minimum absolute atomic E-state index is 0.295. The van der Waals surface area contributed by atoms with E-state index in [2.05, 4.69) is 45.4 Å². The molecule has 4 rings (SSSR count). The average Bonchev–Trinajstić information content (AvgIpc) is 3.19. The molecule has 29 heavy (non-hydrogen) atoms. The predicted octanol–water partition coefficient (Wildman–Crippen LogP) is 5.75. The Morgan fingerprint density at radius 3 is 2.66 bits per heavy atom. The van der Waals surface area contributed by atoms with Gasteiger partial charge in [0, 0.05) is 23.8 Å². The lowest BCUT2D eigenvalue weighted by atomic mass is 9.78. The van der Waals surface area contributed by atoms with Gasteiger partial charge in [-0.15, -0.1) is 11.3 Å². The molecule has 6 heteroatoms. The molecular weight excluding hydrogens is 380 g/mol. The maximum absolute atomic E-state index is 11.2. The Morgan fingerprint density at radius 2 is 1.90 bits per heavy atom. The molecule has 1 saturated carbocycles. The third-order valence-electron chi connectivity index (χ3n) is 5.75. The van der Waals surface area contributed by atoms with Crippen molar-refractivity contribution in [1.82, 2.24) is 15.0 Å². The number of hydrogen-bond donors (Lipinski definition) is 2. The summed E-state index contributed by atoms with van der Waals surface area (Å²) in [5.74, 6) is 0.884. The van der Waals surface area contributed by atoms with Gasteiger partial charge in [0.05, 0.1) is 4.88 Å². The second-order valence-corrected chi connectivity index (χ2v) is 9.28. The number of anilines is 2. The molecule has 5 nitrogen and oxygen atoms in total. The van der Waals surface area contributed by atoms with E-state index in [-0.39, 0.29) is 0 Å². The fourth-order valence-electron chi connectivity index (χ4n) is 4.12. The van der Waals surface area contributed by atoms with Crippen LogP contribution in [0.15, 0.2) is 36.7 Å². The highest BCUT2D eigenvalue weighted by atomic mass is 32.1. The van der Waals surface area contributed by atoms with Crippen molar-refractivity contribution in [2.24, 2.45) is 5.92 Å². The van der Waals surface area contributed by atoms with E-state index in [1.807, 2.05) is 26.1 Å². The SMILES string of the molecule is Cc1cc(Nc2nccc(C)n2)cc(-c2cnc(C(C)(O)C3CCCCC3)s2)c1. The highest BCUT2D eigenvalue weighted by Gasteiger charge is 2.37. The Hall–Kier alpha value is -2.31. The van der Waals surface area contributed by atoms with E-state index in [1.54, 1.807) is 17.5 Å². The van der Waals surface area contributed by atoms with Gasteiger partial charge in [0.15, 0.2) is 0 Å². The van der Waals surface area contributed by atoms with Crippen molar-refractivity contribution in [3.8, 4) is 10.4 Å². The maximum Gasteiger partial charge on any atom is 0.227 e. The summed E-state index contributed by atoms with van der Waals surface area (Å²) >= 11 is 1.59. The molecule has 0 aliphatic heterocycles. The first-order valence-corrected chi connectivity index (χ1v) is 11.1. The van der Waals surface area contributed by atoms with Crippen LogP contribution in [0, 0.1) is 19.8 Å². The van der Waals surface area contributed by atoms with Crippen LogP contribution in [-0.4, -0.2) is 20.1 Å². The predicted molar refractivity (Wildman–Crippen MR) is 118 cm³/mol. The number of nitrogens with zero attached hydrogens (tertiary/aromatic N) is 3. The zero-order valence-electron chi connectivity index (χ0n) is 17.3. The minimum Gasteiger partial charge on any atom is -0.383 e. The summed E-state index contributed by atoms with van der Waals surface area (Å²) in [5.41, 5.74) is 3.24. The van der Waals surface area contributed by atoms with E-state index in [9.17, 15) is 5.11 Å². The molecule has 1 atom stereocenters. The molecule has 0 saturated heterocycles. The normalized spacial score (nSPS) is 17.1. The molecule has 0 spiro atoms. The summed E-state index contributed by atoms with van der Waals surface area (Å²) in [5, 5.41) is 15.3. The lowest BCUT2D eigenvalue weighted by Crippen LogP contribution is -2.33. The van der Waals surface area contributed by atoms with E-state index < -0.39 is 5.60 Å². The first kappa shape index (κ1) is 20.0. The van der Waals surface area contributed by atoms with Crippen molar-refractivity contribution < 1.29 is 5.11 Å². The summed E-state index contributed by atoms with van der Waals surface area (Å²) in [7, 11) is 0. The number of aliphatic hydroxyl groups is 1. The van der Waals surface area contributed by atoms with Gasteiger partial charge < -0.3 is 10.4 Å². The summed E-state index contributed by atoms with van der Waals surface area (Å²) in [6, 6.07) is 8.19. The van der Waals surface area contributed by atoms with Gasteiger partial charge >= 0.3 is 0 Å². The summed E-state index contributed by atoms with van der Waals surface area (Å²) < 4.78 is 0. The molecule has 0 amide bonds. The van der Waals surface area contributed by atoms with E-state index in [0.717, 1.165) is 45.2 Å². The number of benzene rings is 1. The molecule has 1 fully saturated rings. The standard InChI is InChI=1S/C23H28N4OS/c1-15-11-17(13-19(12-15)27-22-24-10-9-16(2)26-22)20-14-25-21(29-20)23(3,28)18-7-5-4-6-8-18/h9-14,18,28H,4-8H2,1-3H3,(H,24,26,27). The minimum atomic E-state index is -0.857. The van der Waals surface area contributed by atoms with E-state index >= 15 is 0 Å². The van der Waals surface area contributed by atoms with Gasteiger partial charge in [-0.2, -0.15) is 0 Å². The highest BCUT2D eigenvalue weighted by molar-refractivity contribution is 7.15. The molecule has 2 heterocycles. The third kappa shape index (κ3) is 4.49. The number of aryl methyl sites for hydroxylation is 2. The van der Waals surface area contributed by atoms with Crippen LogP contribution < -0.4 is 5.32 Å². The fraction of sp³-hybridized carbons (Fsp3) is 0.435. The van der Waals surface area contributed by atoms with Crippen LogP contribution in [-0.2, 0) is 5.60 Å². The average molecular weight is 409 g/mol. The van der Waals surface area contributed by atoms with Crippen molar-refractivity contribution in [2.75, 3.05) is 5.32 Å². The van der Waals surface area contributed by atoms with E-state index in [0.29, 0.717) is 11.9 Å².